The van der Waals surface area contributed by atoms with Gasteiger partial charge < -0.3 is 4.90 Å². The van der Waals surface area contributed by atoms with Gasteiger partial charge in [0, 0.05) is 31.3 Å². The molecule has 1 amide bonds. The van der Waals surface area contributed by atoms with Crippen LogP contribution in [0.2, 0.25) is 0 Å². The predicted molar refractivity (Wildman–Crippen MR) is 98.6 cm³/mol. The number of aromatic amines is 1. The number of benzene rings is 1. The van der Waals surface area contributed by atoms with E-state index in [1.807, 2.05) is 18.0 Å². The van der Waals surface area contributed by atoms with Crippen molar-refractivity contribution in [2.75, 3.05) is 13.6 Å². The lowest BCUT2D eigenvalue weighted by Crippen LogP contribution is -2.28. The molecule has 2 aromatic rings. The minimum absolute atomic E-state index is 0.229. The van der Waals surface area contributed by atoms with E-state index in [-0.39, 0.29) is 11.7 Å². The predicted octanol–water partition coefficient (Wildman–Crippen LogP) is 4.43. The maximum absolute atomic E-state index is 13.0. The number of carbonyl (C=O) groups is 1. The first kappa shape index (κ1) is 19.2. The molecular weight excluding hydrogens is 317 g/mol. The van der Waals surface area contributed by atoms with E-state index >= 15 is 0 Å². The Morgan fingerprint density at radius 2 is 1.92 bits per heavy atom. The molecule has 0 aliphatic rings. The molecule has 0 bridgehead atoms. The van der Waals surface area contributed by atoms with Crippen molar-refractivity contribution in [1.29, 1.82) is 0 Å². The number of aryl methyl sites for hydroxylation is 1. The quantitative estimate of drug-likeness (QED) is 0.683. The van der Waals surface area contributed by atoms with Gasteiger partial charge in [-0.1, -0.05) is 20.3 Å². The van der Waals surface area contributed by atoms with Crippen LogP contribution in [-0.2, 0) is 11.2 Å². The molecule has 5 heteroatoms. The van der Waals surface area contributed by atoms with Crippen molar-refractivity contribution in [3.63, 3.8) is 0 Å². The van der Waals surface area contributed by atoms with Gasteiger partial charge in [0.1, 0.15) is 5.82 Å². The van der Waals surface area contributed by atoms with Crippen LogP contribution in [0, 0.1) is 11.7 Å². The maximum Gasteiger partial charge on any atom is 0.222 e. The summed E-state index contributed by atoms with van der Waals surface area (Å²) in [4.78, 5) is 13.7. The third-order valence-corrected chi connectivity index (χ3v) is 4.22. The summed E-state index contributed by atoms with van der Waals surface area (Å²) in [5.74, 6) is 0.398. The molecule has 0 saturated heterocycles. The lowest BCUT2D eigenvalue weighted by atomic mass is 10.1. The number of nitrogens with zero attached hydrogens (tertiary/aromatic N) is 2. The number of carbonyl (C=O) groups excluding carboxylic acids is 1. The summed E-state index contributed by atoms with van der Waals surface area (Å²) in [5, 5.41) is 7.34. The minimum Gasteiger partial charge on any atom is -0.346 e. The van der Waals surface area contributed by atoms with Gasteiger partial charge in [0.2, 0.25) is 5.91 Å². The van der Waals surface area contributed by atoms with Gasteiger partial charge in [-0.2, -0.15) is 5.10 Å². The van der Waals surface area contributed by atoms with Gasteiger partial charge in [0.25, 0.3) is 0 Å². The Morgan fingerprint density at radius 1 is 1.20 bits per heavy atom. The van der Waals surface area contributed by atoms with Gasteiger partial charge in [-0.15, -0.1) is 0 Å². The fourth-order valence-electron chi connectivity index (χ4n) is 2.73. The molecule has 4 nitrogen and oxygen atoms in total. The van der Waals surface area contributed by atoms with E-state index in [0.29, 0.717) is 12.3 Å². The highest BCUT2D eigenvalue weighted by molar-refractivity contribution is 5.76. The van der Waals surface area contributed by atoms with Gasteiger partial charge in [0.15, 0.2) is 0 Å². The van der Waals surface area contributed by atoms with Crippen molar-refractivity contribution in [2.45, 2.75) is 46.0 Å². The monoisotopic (exact) mass is 345 g/mol. The molecule has 0 fully saturated rings. The summed E-state index contributed by atoms with van der Waals surface area (Å²) in [6.45, 7) is 4.95. The van der Waals surface area contributed by atoms with Crippen LogP contribution in [-0.4, -0.2) is 34.6 Å². The highest BCUT2D eigenvalue weighted by Gasteiger charge is 2.10. The van der Waals surface area contributed by atoms with Crippen LogP contribution in [0.3, 0.4) is 0 Å². The van der Waals surface area contributed by atoms with Crippen LogP contribution in [0.15, 0.2) is 30.3 Å². The smallest absolute Gasteiger partial charge is 0.222 e. The van der Waals surface area contributed by atoms with Crippen molar-refractivity contribution in [3.8, 4) is 11.3 Å². The van der Waals surface area contributed by atoms with Crippen molar-refractivity contribution in [3.05, 3.63) is 41.8 Å². The van der Waals surface area contributed by atoms with Crippen LogP contribution in [0.5, 0.6) is 0 Å². The van der Waals surface area contributed by atoms with Crippen molar-refractivity contribution < 1.29 is 9.18 Å². The number of halogens is 1. The second-order valence-electron chi connectivity index (χ2n) is 7.01. The fourth-order valence-corrected chi connectivity index (χ4v) is 2.73. The van der Waals surface area contributed by atoms with E-state index in [1.54, 1.807) is 12.1 Å². The van der Waals surface area contributed by atoms with Gasteiger partial charge in [-0.25, -0.2) is 4.39 Å². The van der Waals surface area contributed by atoms with Gasteiger partial charge in [-0.05, 0) is 55.5 Å². The molecule has 0 spiro atoms. The highest BCUT2D eigenvalue weighted by Crippen LogP contribution is 2.19. The van der Waals surface area contributed by atoms with Gasteiger partial charge in [-0.3, -0.25) is 9.89 Å². The van der Waals surface area contributed by atoms with Crippen LogP contribution < -0.4 is 0 Å². The Kier molecular flexibility index (Phi) is 7.16. The number of aromatic nitrogens is 2. The molecule has 1 heterocycles. The highest BCUT2D eigenvalue weighted by atomic mass is 19.1. The van der Waals surface area contributed by atoms with Crippen LogP contribution >= 0.6 is 0 Å². The van der Waals surface area contributed by atoms with E-state index in [0.717, 1.165) is 49.2 Å². The number of amides is 1. The average molecular weight is 345 g/mol. The molecule has 0 aliphatic carbocycles. The lowest BCUT2D eigenvalue weighted by molar-refractivity contribution is -0.130. The first-order valence-corrected chi connectivity index (χ1v) is 9.00. The number of nitrogens with one attached hydrogen (secondary N) is 1. The molecule has 0 atom stereocenters. The number of hydrogen-bond donors (Lipinski definition) is 1. The summed E-state index contributed by atoms with van der Waals surface area (Å²) in [6.07, 6.45) is 4.69. The number of unbranched alkanes of at least 4 members (excludes halogenated alkanes) is 2. The summed E-state index contributed by atoms with van der Waals surface area (Å²) < 4.78 is 13.0. The number of rotatable bonds is 9. The van der Waals surface area contributed by atoms with Crippen molar-refractivity contribution >= 4 is 5.91 Å². The molecule has 25 heavy (non-hydrogen) atoms. The first-order valence-electron chi connectivity index (χ1n) is 9.00. The van der Waals surface area contributed by atoms with Crippen molar-refractivity contribution in [1.82, 2.24) is 15.1 Å². The second kappa shape index (κ2) is 9.35. The minimum atomic E-state index is -0.239. The third kappa shape index (κ3) is 6.33. The summed E-state index contributed by atoms with van der Waals surface area (Å²) in [6, 6.07) is 8.38. The van der Waals surface area contributed by atoms with Gasteiger partial charge in [0.05, 0.1) is 5.69 Å². The number of H-pyrrole nitrogens is 1. The Balaban J connectivity index is 1.69. The topological polar surface area (TPSA) is 49.0 Å². The Labute approximate surface area is 149 Å². The molecule has 2 rings (SSSR count). The zero-order valence-corrected chi connectivity index (χ0v) is 15.4. The van der Waals surface area contributed by atoms with Crippen LogP contribution in [0.1, 0.15) is 45.2 Å². The van der Waals surface area contributed by atoms with E-state index in [9.17, 15) is 9.18 Å². The molecule has 1 aromatic carbocycles. The first-order chi connectivity index (χ1) is 12.0. The molecule has 0 unspecified atom stereocenters. The molecule has 0 saturated carbocycles. The second-order valence-corrected chi connectivity index (χ2v) is 7.01. The van der Waals surface area contributed by atoms with Crippen LogP contribution in [0.4, 0.5) is 4.39 Å². The Hall–Kier alpha value is -2.17. The largest absolute Gasteiger partial charge is 0.346 e. The fraction of sp³-hybridized carbons (Fsp3) is 0.500. The Morgan fingerprint density at radius 3 is 2.60 bits per heavy atom. The molecule has 1 aromatic heterocycles. The summed E-state index contributed by atoms with van der Waals surface area (Å²) >= 11 is 0. The van der Waals surface area contributed by atoms with E-state index < -0.39 is 0 Å². The molecule has 1 N–H and O–H groups in total. The average Bonchev–Trinajstić information content (AvgIpc) is 3.03. The summed E-state index contributed by atoms with van der Waals surface area (Å²) in [7, 11) is 1.88. The molecule has 0 aliphatic heterocycles. The molecular formula is C20H28FN3O. The van der Waals surface area contributed by atoms with Crippen LogP contribution in [0.25, 0.3) is 11.3 Å². The van der Waals surface area contributed by atoms with E-state index in [2.05, 4.69) is 24.0 Å². The Bertz CT molecular complexity index is 664. The van der Waals surface area contributed by atoms with E-state index in [1.165, 1.54) is 12.1 Å². The van der Waals surface area contributed by atoms with E-state index in [4.69, 9.17) is 0 Å². The molecule has 136 valence electrons. The SMILES string of the molecule is CC(C)CC(=O)N(C)CCCCCc1cc(-c2ccc(F)cc2)n[nH]1. The van der Waals surface area contributed by atoms with Crippen molar-refractivity contribution in [2.24, 2.45) is 5.92 Å². The number of hydrogen-bond acceptors (Lipinski definition) is 2. The van der Waals surface area contributed by atoms with Gasteiger partial charge >= 0.3 is 0 Å². The normalized spacial score (nSPS) is 11.1. The maximum atomic E-state index is 13.0. The standard InChI is InChI=1S/C20H28FN3O/c1-15(2)13-20(25)24(3)12-6-4-5-7-18-14-19(23-22-18)16-8-10-17(21)11-9-16/h8-11,14-15H,4-7,12-13H2,1-3H3,(H,22,23). The third-order valence-electron chi connectivity index (χ3n) is 4.22. The summed E-state index contributed by atoms with van der Waals surface area (Å²) in [5.41, 5.74) is 2.84. The molecule has 0 radical (unpaired) electrons. The lowest BCUT2D eigenvalue weighted by Gasteiger charge is -2.18. The zero-order chi connectivity index (χ0) is 18.2. The zero-order valence-electron chi connectivity index (χ0n) is 15.4.